The van der Waals surface area contributed by atoms with Crippen molar-refractivity contribution in [1.29, 1.82) is 0 Å². The van der Waals surface area contributed by atoms with Crippen molar-refractivity contribution in [3.63, 3.8) is 0 Å². The highest BCUT2D eigenvalue weighted by molar-refractivity contribution is 7.09. The molecule has 0 bridgehead atoms. The number of allylic oxidation sites excluding steroid dienone is 1. The lowest BCUT2D eigenvalue weighted by Gasteiger charge is -2.34. The van der Waals surface area contributed by atoms with Gasteiger partial charge in [-0.3, -0.25) is 28.9 Å². The first-order valence-electron chi connectivity index (χ1n) is 18.8. The second-order valence-electron chi connectivity index (χ2n) is 14.2. The summed E-state index contributed by atoms with van der Waals surface area (Å²) in [4.78, 5) is 74.1. The number of nitrogens with zero attached hydrogens (tertiary/aromatic N) is 3. The SMILES string of the molecule is CCCC[C@H](NC(=O)[C@H]1CCCCN1C)C(=O)N(C)C(C[C@@H](OC(C)=O)c1nc(C(=O)N[C@@H](Cc2ccccc2)C[C@H](C)C(=O)OCC)cs1)=C(C)C. The highest BCUT2D eigenvalue weighted by Gasteiger charge is 2.33. The third-order valence-electron chi connectivity index (χ3n) is 9.55. The number of piperidine rings is 1. The zero-order valence-electron chi connectivity index (χ0n) is 32.7. The molecule has 1 aliphatic heterocycles. The number of carbonyl (C=O) groups is 5. The Balaban J connectivity index is 1.81. The van der Waals surface area contributed by atoms with Crippen molar-refractivity contribution >= 4 is 41.0 Å². The molecule has 13 heteroatoms. The molecular weight excluding hydrogens is 695 g/mol. The Morgan fingerprint density at radius 2 is 1.77 bits per heavy atom. The maximum absolute atomic E-state index is 14.1. The Morgan fingerprint density at radius 3 is 2.40 bits per heavy atom. The monoisotopic (exact) mass is 753 g/mol. The number of hydrogen-bond acceptors (Lipinski definition) is 10. The van der Waals surface area contributed by atoms with Crippen molar-refractivity contribution in [1.82, 2.24) is 25.4 Å². The lowest BCUT2D eigenvalue weighted by Crippen LogP contribution is -2.54. The minimum Gasteiger partial charge on any atom is -0.466 e. The fourth-order valence-electron chi connectivity index (χ4n) is 6.64. The standard InChI is InChI=1S/C40H59N5O7S/c1-9-11-19-31(42-37(48)33-20-15-16-21-44(33)7)39(49)45(8)34(26(3)4)24-35(52-28(6)46)38-43-32(25-53-38)36(47)41-30(22-27(5)40(50)51-10-2)23-29-17-13-12-14-18-29/h12-14,17-18,25,27,30-31,33,35H,9-11,15-16,19-24H2,1-8H3,(H,41,47)(H,42,48)/t27-,30+,31-,33+,35+/m0/s1. The van der Waals surface area contributed by atoms with Crippen LogP contribution >= 0.6 is 11.3 Å². The molecule has 3 amide bonds. The van der Waals surface area contributed by atoms with E-state index in [1.165, 1.54) is 18.3 Å². The van der Waals surface area contributed by atoms with Crippen LogP contribution < -0.4 is 10.6 Å². The summed E-state index contributed by atoms with van der Waals surface area (Å²) >= 11 is 1.19. The summed E-state index contributed by atoms with van der Waals surface area (Å²) in [7, 11) is 3.62. The van der Waals surface area contributed by atoms with E-state index in [-0.39, 0.29) is 48.6 Å². The van der Waals surface area contributed by atoms with E-state index in [9.17, 15) is 24.0 Å². The molecule has 12 nitrogen and oxygen atoms in total. The molecule has 0 saturated carbocycles. The molecule has 2 heterocycles. The highest BCUT2D eigenvalue weighted by atomic mass is 32.1. The summed E-state index contributed by atoms with van der Waals surface area (Å²) < 4.78 is 11.0. The first-order chi connectivity index (χ1) is 25.2. The highest BCUT2D eigenvalue weighted by Crippen LogP contribution is 2.31. The third kappa shape index (κ3) is 13.4. The average Bonchev–Trinajstić information content (AvgIpc) is 3.62. The second kappa shape index (κ2) is 21.6. The number of likely N-dealkylation sites (N-methyl/N-ethyl adjacent to an activating group) is 2. The molecule has 53 heavy (non-hydrogen) atoms. The minimum atomic E-state index is -0.872. The molecule has 0 radical (unpaired) electrons. The Kier molecular flexibility index (Phi) is 17.6. The minimum absolute atomic E-state index is 0.131. The zero-order chi connectivity index (χ0) is 39.1. The number of amides is 3. The number of ether oxygens (including phenoxy) is 2. The lowest BCUT2D eigenvalue weighted by atomic mass is 9.96. The molecule has 1 aromatic carbocycles. The van der Waals surface area contributed by atoms with E-state index >= 15 is 0 Å². The van der Waals surface area contributed by atoms with E-state index in [2.05, 4.69) is 15.6 Å². The second-order valence-corrected chi connectivity index (χ2v) is 15.1. The van der Waals surface area contributed by atoms with E-state index in [1.807, 2.05) is 63.1 Å². The van der Waals surface area contributed by atoms with Crippen LogP contribution in [-0.2, 0) is 35.1 Å². The number of rotatable bonds is 19. The van der Waals surface area contributed by atoms with Crippen LogP contribution in [0.25, 0.3) is 0 Å². The fraction of sp³-hybridized carbons (Fsp3) is 0.600. The number of nitrogens with one attached hydrogen (secondary N) is 2. The Morgan fingerprint density at radius 1 is 1.06 bits per heavy atom. The van der Waals surface area contributed by atoms with Gasteiger partial charge in [0.05, 0.1) is 18.6 Å². The summed E-state index contributed by atoms with van der Waals surface area (Å²) in [6, 6.07) is 8.34. The van der Waals surface area contributed by atoms with Crippen LogP contribution in [0, 0.1) is 5.92 Å². The van der Waals surface area contributed by atoms with E-state index in [4.69, 9.17) is 9.47 Å². The molecule has 0 unspecified atom stereocenters. The predicted molar refractivity (Wildman–Crippen MR) is 206 cm³/mol. The van der Waals surface area contributed by atoms with Gasteiger partial charge >= 0.3 is 11.9 Å². The van der Waals surface area contributed by atoms with E-state index in [0.29, 0.717) is 30.0 Å². The van der Waals surface area contributed by atoms with Crippen molar-refractivity contribution in [2.75, 3.05) is 27.2 Å². The van der Waals surface area contributed by atoms with Crippen LogP contribution in [0.2, 0.25) is 0 Å². The van der Waals surface area contributed by atoms with Gasteiger partial charge in [-0.05, 0) is 72.0 Å². The van der Waals surface area contributed by atoms with Crippen LogP contribution in [0.4, 0.5) is 0 Å². The summed E-state index contributed by atoms with van der Waals surface area (Å²) in [5.74, 6) is -2.09. The van der Waals surface area contributed by atoms with Gasteiger partial charge in [-0.2, -0.15) is 0 Å². The molecule has 3 rings (SSSR count). The molecule has 1 saturated heterocycles. The Bertz CT molecular complexity index is 1560. The van der Waals surface area contributed by atoms with Gasteiger partial charge in [0.25, 0.3) is 5.91 Å². The molecule has 292 valence electrons. The van der Waals surface area contributed by atoms with Gasteiger partial charge in [-0.1, -0.05) is 69.0 Å². The molecule has 0 aliphatic carbocycles. The van der Waals surface area contributed by atoms with Crippen LogP contribution in [0.5, 0.6) is 0 Å². The maximum atomic E-state index is 14.1. The van der Waals surface area contributed by atoms with Gasteiger partial charge in [-0.15, -0.1) is 11.3 Å². The maximum Gasteiger partial charge on any atom is 0.308 e. The fourth-order valence-corrected chi connectivity index (χ4v) is 7.46. The van der Waals surface area contributed by atoms with Gasteiger partial charge in [0.1, 0.15) is 16.7 Å². The average molecular weight is 754 g/mol. The lowest BCUT2D eigenvalue weighted by molar-refractivity contribution is -0.148. The van der Waals surface area contributed by atoms with Crippen molar-refractivity contribution < 1.29 is 33.4 Å². The summed E-state index contributed by atoms with van der Waals surface area (Å²) in [6.45, 7) is 11.8. The van der Waals surface area contributed by atoms with Crippen LogP contribution in [0.3, 0.4) is 0 Å². The number of carbonyl (C=O) groups excluding carboxylic acids is 5. The molecule has 1 aromatic heterocycles. The third-order valence-corrected chi connectivity index (χ3v) is 10.5. The number of hydrogen-bond donors (Lipinski definition) is 2. The molecule has 0 spiro atoms. The van der Waals surface area contributed by atoms with Gasteiger partial charge in [-0.25, -0.2) is 4.98 Å². The summed E-state index contributed by atoms with van der Waals surface area (Å²) in [5.41, 5.74) is 2.62. The summed E-state index contributed by atoms with van der Waals surface area (Å²) in [5, 5.41) is 8.13. The molecule has 1 aliphatic rings. The van der Waals surface area contributed by atoms with Gasteiger partial charge in [0.2, 0.25) is 11.8 Å². The van der Waals surface area contributed by atoms with Crippen LogP contribution in [-0.4, -0.2) is 89.8 Å². The van der Waals surface area contributed by atoms with E-state index < -0.39 is 29.9 Å². The first-order valence-corrected chi connectivity index (χ1v) is 19.7. The van der Waals surface area contributed by atoms with E-state index in [1.54, 1.807) is 31.2 Å². The smallest absolute Gasteiger partial charge is 0.308 e. The molecule has 2 aromatic rings. The van der Waals surface area contributed by atoms with Crippen LogP contribution in [0.1, 0.15) is 120 Å². The Hall–Kier alpha value is -4.10. The number of thiazole rings is 1. The normalized spacial score (nSPS) is 16.7. The van der Waals surface area contributed by atoms with Crippen molar-refractivity contribution in [2.24, 2.45) is 5.92 Å². The molecule has 5 atom stereocenters. The molecular formula is C40H59N5O7S. The van der Waals surface area contributed by atoms with Crippen molar-refractivity contribution in [2.45, 2.75) is 124 Å². The predicted octanol–water partition coefficient (Wildman–Crippen LogP) is 5.98. The van der Waals surface area contributed by atoms with Gasteiger partial charge < -0.3 is 25.0 Å². The molecule has 1 fully saturated rings. The summed E-state index contributed by atoms with van der Waals surface area (Å²) in [6.07, 6.45) is 5.04. The number of likely N-dealkylation sites (tertiary alicyclic amines) is 1. The number of unbranched alkanes of at least 4 members (excludes halogenated alkanes) is 1. The van der Waals surface area contributed by atoms with Crippen molar-refractivity contribution in [3.8, 4) is 0 Å². The topological polar surface area (TPSA) is 147 Å². The molecule has 2 N–H and O–H groups in total. The zero-order valence-corrected chi connectivity index (χ0v) is 33.6. The van der Waals surface area contributed by atoms with Gasteiger partial charge in [0, 0.05) is 37.5 Å². The first kappa shape index (κ1) is 43.3. The number of aromatic nitrogens is 1. The van der Waals surface area contributed by atoms with Gasteiger partial charge in [0.15, 0.2) is 6.10 Å². The number of benzene rings is 1. The number of esters is 2. The van der Waals surface area contributed by atoms with Crippen molar-refractivity contribution in [3.05, 3.63) is 63.2 Å². The Labute approximate surface area is 319 Å². The quantitative estimate of drug-likeness (QED) is 0.166. The van der Waals surface area contributed by atoms with E-state index in [0.717, 1.165) is 49.8 Å². The van der Waals surface area contributed by atoms with Crippen LogP contribution in [0.15, 0.2) is 47.0 Å². The largest absolute Gasteiger partial charge is 0.466 e.